The van der Waals surface area contributed by atoms with E-state index in [4.69, 9.17) is 4.42 Å². The molecule has 0 saturated carbocycles. The van der Waals surface area contributed by atoms with Crippen molar-refractivity contribution in [1.82, 2.24) is 4.98 Å². The molecule has 2 heterocycles. The first kappa shape index (κ1) is 13.9. The van der Waals surface area contributed by atoms with Gasteiger partial charge in [-0.3, -0.25) is 0 Å². The predicted molar refractivity (Wildman–Crippen MR) is 87.7 cm³/mol. The Balaban J connectivity index is 1.70. The van der Waals surface area contributed by atoms with Crippen LogP contribution in [-0.4, -0.2) is 4.98 Å². The van der Waals surface area contributed by atoms with Crippen molar-refractivity contribution < 1.29 is 4.42 Å². The summed E-state index contributed by atoms with van der Waals surface area (Å²) < 4.78 is 5.74. The number of nitrogens with one attached hydrogen (secondary N) is 1. The van der Waals surface area contributed by atoms with Crippen LogP contribution in [-0.2, 0) is 13.0 Å². The van der Waals surface area contributed by atoms with Gasteiger partial charge in [-0.1, -0.05) is 25.1 Å². The Morgan fingerprint density at radius 3 is 2.67 bits per heavy atom. The molecule has 0 bridgehead atoms. The summed E-state index contributed by atoms with van der Waals surface area (Å²) >= 11 is 1.64. The second-order valence-electron chi connectivity index (χ2n) is 4.90. The lowest BCUT2D eigenvalue weighted by atomic mass is 10.1. The normalized spacial score (nSPS) is 10.8. The predicted octanol–water partition coefficient (Wildman–Crippen LogP) is 4.89. The molecule has 0 aliphatic carbocycles. The van der Waals surface area contributed by atoms with Crippen molar-refractivity contribution in [2.24, 2.45) is 0 Å². The van der Waals surface area contributed by atoms with Crippen LogP contribution in [0.15, 0.2) is 46.2 Å². The van der Waals surface area contributed by atoms with Crippen molar-refractivity contribution in [1.29, 1.82) is 0 Å². The van der Waals surface area contributed by atoms with Crippen molar-refractivity contribution >= 4 is 17.0 Å². The largest absolute Gasteiger partial charge is 0.440 e. The Hall–Kier alpha value is -2.07. The third kappa shape index (κ3) is 3.16. The van der Waals surface area contributed by atoms with Crippen LogP contribution in [0.2, 0.25) is 0 Å². The molecule has 1 aromatic carbocycles. The first-order valence-electron chi connectivity index (χ1n) is 7.09. The summed E-state index contributed by atoms with van der Waals surface area (Å²) in [5, 5.41) is 5.42. The standard InChI is InChI=1S/C17H18N2OS/c1-3-13-6-8-14(9-7-13)18-11-15-12(2)20-17(19-15)16-5-4-10-21-16/h4-10,18H,3,11H2,1-2H3. The van der Waals surface area contributed by atoms with E-state index in [9.17, 15) is 0 Å². The van der Waals surface area contributed by atoms with E-state index in [0.29, 0.717) is 12.4 Å². The highest BCUT2D eigenvalue weighted by atomic mass is 32.1. The second-order valence-corrected chi connectivity index (χ2v) is 5.85. The minimum atomic E-state index is 0.673. The molecular weight excluding hydrogens is 280 g/mol. The lowest BCUT2D eigenvalue weighted by Crippen LogP contribution is -2.01. The maximum Gasteiger partial charge on any atom is 0.236 e. The highest BCUT2D eigenvalue weighted by Gasteiger charge is 2.11. The molecule has 1 N–H and O–H groups in total. The van der Waals surface area contributed by atoms with E-state index in [1.54, 1.807) is 11.3 Å². The van der Waals surface area contributed by atoms with Crippen LogP contribution >= 0.6 is 11.3 Å². The molecule has 3 aromatic rings. The van der Waals surface area contributed by atoms with Gasteiger partial charge in [-0.25, -0.2) is 4.98 Å². The fourth-order valence-electron chi connectivity index (χ4n) is 2.14. The van der Waals surface area contributed by atoms with Crippen molar-refractivity contribution in [3.05, 3.63) is 58.8 Å². The summed E-state index contributed by atoms with van der Waals surface area (Å²) in [7, 11) is 0. The Kier molecular flexibility index (Phi) is 4.06. The average molecular weight is 298 g/mol. The number of hydrogen-bond donors (Lipinski definition) is 1. The number of hydrogen-bond acceptors (Lipinski definition) is 4. The van der Waals surface area contributed by atoms with Crippen molar-refractivity contribution in [3.8, 4) is 10.8 Å². The van der Waals surface area contributed by atoms with Crippen molar-refractivity contribution in [3.63, 3.8) is 0 Å². The number of nitrogens with zero attached hydrogens (tertiary/aromatic N) is 1. The van der Waals surface area contributed by atoms with Gasteiger partial charge in [0.2, 0.25) is 5.89 Å². The molecule has 3 rings (SSSR count). The fraction of sp³-hybridized carbons (Fsp3) is 0.235. The summed E-state index contributed by atoms with van der Waals surface area (Å²) in [6.45, 7) is 4.79. The molecule has 108 valence electrons. The zero-order chi connectivity index (χ0) is 14.7. The van der Waals surface area contributed by atoms with Crippen LogP contribution in [0.4, 0.5) is 5.69 Å². The van der Waals surface area contributed by atoms with Gasteiger partial charge in [0.1, 0.15) is 11.5 Å². The highest BCUT2D eigenvalue weighted by Crippen LogP contribution is 2.26. The third-order valence-corrected chi connectivity index (χ3v) is 4.30. The van der Waals surface area contributed by atoms with Crippen LogP contribution in [0.5, 0.6) is 0 Å². The Bertz CT molecular complexity index is 699. The molecule has 0 saturated heterocycles. The molecule has 0 atom stereocenters. The average Bonchev–Trinajstić information content (AvgIpc) is 3.15. The smallest absolute Gasteiger partial charge is 0.236 e. The van der Waals surface area contributed by atoms with Crippen molar-refractivity contribution in [2.75, 3.05) is 5.32 Å². The molecular formula is C17H18N2OS. The zero-order valence-electron chi connectivity index (χ0n) is 12.2. The van der Waals surface area contributed by atoms with Gasteiger partial charge < -0.3 is 9.73 Å². The molecule has 3 nitrogen and oxygen atoms in total. The number of oxazole rings is 1. The van der Waals surface area contributed by atoms with E-state index in [1.165, 1.54) is 5.56 Å². The first-order chi connectivity index (χ1) is 10.3. The minimum Gasteiger partial charge on any atom is -0.440 e. The molecule has 0 aliphatic heterocycles. The summed E-state index contributed by atoms with van der Waals surface area (Å²) in [4.78, 5) is 5.65. The second kappa shape index (κ2) is 6.14. The summed E-state index contributed by atoms with van der Waals surface area (Å²) in [5.74, 6) is 1.58. The van der Waals surface area contributed by atoms with E-state index >= 15 is 0 Å². The summed E-state index contributed by atoms with van der Waals surface area (Å²) in [6.07, 6.45) is 1.06. The monoisotopic (exact) mass is 298 g/mol. The van der Waals surface area contributed by atoms with Crippen LogP contribution in [0.3, 0.4) is 0 Å². The first-order valence-corrected chi connectivity index (χ1v) is 7.97. The van der Waals surface area contributed by atoms with Crippen LogP contribution in [0.25, 0.3) is 10.8 Å². The van der Waals surface area contributed by atoms with Crippen molar-refractivity contribution in [2.45, 2.75) is 26.8 Å². The van der Waals surface area contributed by atoms with Crippen LogP contribution < -0.4 is 5.32 Å². The van der Waals surface area contributed by atoms with E-state index in [0.717, 1.165) is 28.4 Å². The minimum absolute atomic E-state index is 0.673. The number of aromatic nitrogens is 1. The number of anilines is 1. The number of thiophene rings is 1. The molecule has 2 aromatic heterocycles. The third-order valence-electron chi connectivity index (χ3n) is 3.45. The van der Waals surface area contributed by atoms with E-state index in [1.807, 2.05) is 24.4 Å². The molecule has 0 unspecified atom stereocenters. The van der Waals surface area contributed by atoms with Gasteiger partial charge in [-0.2, -0.15) is 0 Å². The van der Waals surface area contributed by atoms with Gasteiger partial charge in [0.25, 0.3) is 0 Å². The van der Waals surface area contributed by atoms with E-state index in [2.05, 4.69) is 41.5 Å². The Morgan fingerprint density at radius 2 is 2.00 bits per heavy atom. The number of benzene rings is 1. The maximum atomic E-state index is 5.74. The Morgan fingerprint density at radius 1 is 1.19 bits per heavy atom. The Labute approximate surface area is 128 Å². The van der Waals surface area contributed by atoms with Crippen LogP contribution in [0.1, 0.15) is 23.9 Å². The number of aryl methyl sites for hydroxylation is 2. The van der Waals surface area contributed by atoms with Gasteiger partial charge in [0, 0.05) is 5.69 Å². The zero-order valence-corrected chi connectivity index (χ0v) is 13.0. The molecule has 0 spiro atoms. The molecule has 4 heteroatoms. The highest BCUT2D eigenvalue weighted by molar-refractivity contribution is 7.13. The summed E-state index contributed by atoms with van der Waals surface area (Å²) in [6, 6.07) is 12.5. The van der Waals surface area contributed by atoms with E-state index < -0.39 is 0 Å². The fourth-order valence-corrected chi connectivity index (χ4v) is 2.79. The number of rotatable bonds is 5. The summed E-state index contributed by atoms with van der Waals surface area (Å²) in [5.41, 5.74) is 3.41. The quantitative estimate of drug-likeness (QED) is 0.729. The maximum absolute atomic E-state index is 5.74. The van der Waals surface area contributed by atoms with Gasteiger partial charge >= 0.3 is 0 Å². The molecule has 0 fully saturated rings. The van der Waals surface area contributed by atoms with Gasteiger partial charge in [0.15, 0.2) is 0 Å². The molecule has 0 radical (unpaired) electrons. The SMILES string of the molecule is CCc1ccc(NCc2nc(-c3cccs3)oc2C)cc1. The lowest BCUT2D eigenvalue weighted by Gasteiger charge is -2.05. The van der Waals surface area contributed by atoms with Gasteiger partial charge in [-0.05, 0) is 42.5 Å². The molecule has 0 aliphatic rings. The lowest BCUT2D eigenvalue weighted by molar-refractivity contribution is 0.541. The molecule has 21 heavy (non-hydrogen) atoms. The van der Waals surface area contributed by atoms with E-state index in [-0.39, 0.29) is 0 Å². The molecule has 0 amide bonds. The van der Waals surface area contributed by atoms with Gasteiger partial charge in [-0.15, -0.1) is 11.3 Å². The van der Waals surface area contributed by atoms with Crippen LogP contribution in [0, 0.1) is 6.92 Å². The van der Waals surface area contributed by atoms with Gasteiger partial charge in [0.05, 0.1) is 11.4 Å². The topological polar surface area (TPSA) is 38.1 Å².